The third kappa shape index (κ3) is 17.8. The molecule has 0 aliphatic rings. The number of nitrogens with zero attached hydrogens (tertiary/aromatic N) is 5. The number of nitrogen functional groups attached to an aromatic ring is 1. The number of aliphatic hydroxyl groups excluding tert-OH is 1. The van der Waals surface area contributed by atoms with Gasteiger partial charge in [0, 0.05) is 39.8 Å². The van der Waals surface area contributed by atoms with Crippen LogP contribution in [0.4, 0.5) is 17.5 Å². The van der Waals surface area contributed by atoms with Crippen molar-refractivity contribution in [2.75, 3.05) is 30.6 Å². The third-order valence-electron chi connectivity index (χ3n) is 13.6. The second-order valence-electron chi connectivity index (χ2n) is 21.2. The van der Waals surface area contributed by atoms with Crippen molar-refractivity contribution < 1.29 is 24.2 Å². The quantitative estimate of drug-likeness (QED) is 0.0324. The van der Waals surface area contributed by atoms with Crippen LogP contribution in [0.2, 0.25) is 15.5 Å². The molecule has 0 fully saturated rings. The van der Waals surface area contributed by atoms with E-state index in [1.165, 1.54) is 9.13 Å². The number of aromatic nitrogens is 7. The number of anilines is 3. The van der Waals surface area contributed by atoms with Crippen LogP contribution in [0.5, 0.6) is 11.5 Å². The van der Waals surface area contributed by atoms with Gasteiger partial charge in [0.2, 0.25) is 11.6 Å². The lowest BCUT2D eigenvalue weighted by molar-refractivity contribution is 0.101. The van der Waals surface area contributed by atoms with Crippen molar-refractivity contribution in [2.24, 2.45) is 0 Å². The van der Waals surface area contributed by atoms with E-state index in [4.69, 9.17) is 55.1 Å². The molecule has 19 nitrogen and oxygen atoms in total. The van der Waals surface area contributed by atoms with Crippen molar-refractivity contribution in [3.05, 3.63) is 261 Å². The van der Waals surface area contributed by atoms with Crippen molar-refractivity contribution in [3.63, 3.8) is 0 Å². The van der Waals surface area contributed by atoms with E-state index in [2.05, 4.69) is 51.5 Å². The summed E-state index contributed by atoms with van der Waals surface area (Å²) < 4.78 is 13.6. The molecule has 0 unspecified atom stereocenters. The monoisotopic (exact) mass is 1310 g/mol. The Hall–Kier alpha value is -8.66. The van der Waals surface area contributed by atoms with Crippen LogP contribution in [0.25, 0.3) is 0 Å². The molecule has 0 saturated carbocycles. The van der Waals surface area contributed by atoms with Crippen LogP contribution in [-0.4, -0.2) is 64.9 Å². The number of H-pyrrole nitrogens is 2. The zero-order valence-corrected chi connectivity index (χ0v) is 53.6. The fourth-order valence-corrected chi connectivity index (χ4v) is 11.0. The fraction of sp³-hybridized carbons (Fsp3) is 0.246. The Morgan fingerprint density at radius 2 is 0.943 bits per heavy atom. The number of aryl methyl sites for hydroxylation is 3. The smallest absolute Gasteiger partial charge is 0.329 e. The molecule has 0 spiro atoms. The van der Waals surface area contributed by atoms with Crippen molar-refractivity contribution >= 4 is 79.8 Å². The van der Waals surface area contributed by atoms with Gasteiger partial charge in [-0.3, -0.25) is 38.3 Å². The molecule has 7 N–H and O–H groups in total. The summed E-state index contributed by atoms with van der Waals surface area (Å²) in [4.78, 5) is 95.8. The maximum atomic E-state index is 13.8. The van der Waals surface area contributed by atoms with Gasteiger partial charge in [-0.05, 0) is 157 Å². The van der Waals surface area contributed by atoms with E-state index in [1.54, 1.807) is 88.7 Å². The average molecular weight is 1320 g/mol. The lowest BCUT2D eigenvalue weighted by Gasteiger charge is -2.18. The molecule has 0 amide bonds. The number of carbonyl (C=O) groups is 2. The van der Waals surface area contributed by atoms with Gasteiger partial charge in [0.25, 0.3) is 11.1 Å². The molecule has 0 saturated heterocycles. The van der Waals surface area contributed by atoms with Crippen molar-refractivity contribution in [1.82, 2.24) is 34.1 Å². The summed E-state index contributed by atoms with van der Waals surface area (Å²) in [5, 5.41) is 16.3. The van der Waals surface area contributed by atoms with Gasteiger partial charge in [-0.2, -0.15) is 0 Å². The van der Waals surface area contributed by atoms with E-state index in [1.807, 2.05) is 95.3 Å². The Morgan fingerprint density at radius 1 is 0.557 bits per heavy atom. The summed E-state index contributed by atoms with van der Waals surface area (Å²) in [6.07, 6.45) is 0. The molecule has 0 atom stereocenters. The molecule has 4 aromatic carbocycles. The number of nitrogens with two attached hydrogens (primary N) is 1. The van der Waals surface area contributed by atoms with Gasteiger partial charge in [0.05, 0.1) is 33.9 Å². The summed E-state index contributed by atoms with van der Waals surface area (Å²) in [5.41, 5.74) is 11.4. The number of rotatable bonds is 19. The third-order valence-corrected chi connectivity index (χ3v) is 14.6. The fourth-order valence-electron chi connectivity index (χ4n) is 9.65. The van der Waals surface area contributed by atoms with E-state index in [0.717, 1.165) is 49.4 Å². The first-order valence-corrected chi connectivity index (χ1v) is 29.5. The molecule has 0 aliphatic heterocycles. The molecule has 0 aliphatic carbocycles. The van der Waals surface area contributed by atoms with E-state index in [9.17, 15) is 28.8 Å². The number of hydrogen-bond donors (Lipinski definition) is 6. The van der Waals surface area contributed by atoms with Crippen LogP contribution in [0.15, 0.2) is 145 Å². The van der Waals surface area contributed by atoms with Gasteiger partial charge < -0.3 is 30.9 Å². The van der Waals surface area contributed by atoms with Crippen LogP contribution in [-0.2, 0) is 32.8 Å². The zero-order valence-electron chi connectivity index (χ0n) is 49.8. The van der Waals surface area contributed by atoms with Crippen LogP contribution >= 0.6 is 50.7 Å². The minimum Gasteiger partial charge on any atom is -0.497 e. The SMILES string of the molecule is COc1ccc(CNc2cc(CO)cc(Cl)n2)cc1.COc1ccc(CNc2cc(Cn3c(C(=O)c4cc(C)cc(Br)c4)c(C(C)C)c(=O)[nH]c3=O)cc(Cl)n2)cc1.Cc1cc(C)cc(C(=O)c2c(C(C)C)c(=O)[nH]c(=O)n2Cc2cc(N)nc(Cl)c2)c1. The highest BCUT2D eigenvalue weighted by Crippen LogP contribution is 2.26. The molecule has 5 aromatic heterocycles. The predicted octanol–water partition coefficient (Wildman–Crippen LogP) is 11.7. The number of hydrogen-bond acceptors (Lipinski definition) is 15. The number of nitrogens with one attached hydrogen (secondary N) is 4. The highest BCUT2D eigenvalue weighted by molar-refractivity contribution is 9.10. The minimum atomic E-state index is -0.680. The number of halogens is 4. The Labute approximate surface area is 531 Å². The first kappa shape index (κ1) is 66.9. The van der Waals surface area contributed by atoms with Crippen LogP contribution in [0, 0.1) is 20.8 Å². The standard InChI is InChI=1S/C29H28BrClN4O4.C22H23ClN4O3.C14H15ClN2O2/c1-16(2)25-26(27(36)20-9-17(3)10-21(30)13-20)35(29(38)34-28(25)37)15-19-11-23(31)33-24(12-19)32-14-18-5-7-22(39-4)8-6-18;1-11(2)18-19(20(28)15-6-12(3)5-13(4)7-15)27(22(30)26-21(18)29)10-14-8-16(23)25-17(24)9-14;1-19-12-4-2-10(3-5-12)8-16-14-7-11(9-18)6-13(15)17-14/h5-13,16H,14-15H2,1-4H3,(H,32,33)(H,34,37,38);5-9,11H,10H2,1-4H3,(H2,24,25)(H,26,29,30);2-7,18H,8-9H2,1H3,(H,16,17). The highest BCUT2D eigenvalue weighted by atomic mass is 79.9. The van der Waals surface area contributed by atoms with Crippen molar-refractivity contribution in [3.8, 4) is 11.5 Å². The minimum absolute atomic E-state index is 0.00283. The molecule has 458 valence electrons. The van der Waals surface area contributed by atoms with Gasteiger partial charge in [-0.25, -0.2) is 24.5 Å². The number of pyridine rings is 3. The lowest BCUT2D eigenvalue weighted by atomic mass is 9.95. The molecule has 88 heavy (non-hydrogen) atoms. The molecule has 5 heterocycles. The van der Waals surface area contributed by atoms with Gasteiger partial charge >= 0.3 is 11.4 Å². The van der Waals surface area contributed by atoms with E-state index >= 15 is 0 Å². The lowest BCUT2D eigenvalue weighted by Crippen LogP contribution is -2.38. The van der Waals surface area contributed by atoms with Crippen LogP contribution in [0.1, 0.15) is 127 Å². The molecule has 23 heteroatoms. The van der Waals surface area contributed by atoms with Crippen LogP contribution < -0.4 is 48.3 Å². The number of carbonyl (C=O) groups excluding carboxylic acids is 2. The number of benzene rings is 4. The summed E-state index contributed by atoms with van der Waals surface area (Å²) in [6.45, 7) is 13.9. The zero-order chi connectivity index (χ0) is 64.1. The largest absolute Gasteiger partial charge is 0.497 e. The number of ether oxygens (including phenoxy) is 2. The van der Waals surface area contributed by atoms with Gasteiger partial charge in [-0.1, -0.05) is 120 Å². The second kappa shape index (κ2) is 30.3. The number of aromatic amines is 2. The molecule has 9 aromatic rings. The number of ketones is 2. The number of aliphatic hydroxyl groups is 1. The molecular formula is C65H66BrCl3N10O9. The Kier molecular flexibility index (Phi) is 23.0. The van der Waals surface area contributed by atoms with Gasteiger partial charge in [0.1, 0.15) is 55.8 Å². The predicted molar refractivity (Wildman–Crippen MR) is 349 cm³/mol. The normalized spacial score (nSPS) is 10.9. The Balaban J connectivity index is 0.000000200. The van der Waals surface area contributed by atoms with E-state index in [-0.39, 0.29) is 76.0 Å². The molecule has 9 rings (SSSR count). The van der Waals surface area contributed by atoms with E-state index in [0.29, 0.717) is 52.1 Å². The van der Waals surface area contributed by atoms with Gasteiger partial charge in [0.15, 0.2) is 0 Å². The first-order chi connectivity index (χ1) is 41.8. The van der Waals surface area contributed by atoms with Crippen molar-refractivity contribution in [1.29, 1.82) is 0 Å². The second-order valence-corrected chi connectivity index (χ2v) is 23.3. The summed E-state index contributed by atoms with van der Waals surface area (Å²) >= 11 is 21.6. The molecule has 0 radical (unpaired) electrons. The van der Waals surface area contributed by atoms with Gasteiger partial charge in [-0.15, -0.1) is 0 Å². The molecule has 0 bridgehead atoms. The topological polar surface area (TPSA) is 271 Å². The average Bonchev–Trinajstić information content (AvgIpc) is 1.35. The van der Waals surface area contributed by atoms with Crippen LogP contribution in [0.3, 0.4) is 0 Å². The maximum Gasteiger partial charge on any atom is 0.329 e. The first-order valence-electron chi connectivity index (χ1n) is 27.6. The summed E-state index contributed by atoms with van der Waals surface area (Å²) in [6, 6.07) is 36.1. The Morgan fingerprint density at radius 3 is 1.34 bits per heavy atom. The van der Waals surface area contributed by atoms with Crippen molar-refractivity contribution in [2.45, 2.75) is 93.1 Å². The maximum absolute atomic E-state index is 13.8. The summed E-state index contributed by atoms with van der Waals surface area (Å²) in [5.74, 6) is 1.54. The Bertz CT molecular complexity index is 4200. The molecular weight excluding hydrogens is 1250 g/mol. The summed E-state index contributed by atoms with van der Waals surface area (Å²) in [7, 11) is 3.25. The highest BCUT2D eigenvalue weighted by Gasteiger charge is 2.27. The van der Waals surface area contributed by atoms with E-state index < -0.39 is 28.3 Å². The number of methoxy groups -OCH3 is 2.